The largest absolute Gasteiger partial charge is 0.496 e. The summed E-state index contributed by atoms with van der Waals surface area (Å²) in [7, 11) is 5.97. The number of nitrogens with zero attached hydrogens (tertiary/aromatic N) is 5. The van der Waals surface area contributed by atoms with E-state index in [9.17, 15) is 0 Å². The molecular formula is C21H30IN7O. The van der Waals surface area contributed by atoms with E-state index in [-0.39, 0.29) is 0 Å². The van der Waals surface area contributed by atoms with Crippen LogP contribution in [0.2, 0.25) is 0 Å². The fourth-order valence-corrected chi connectivity index (χ4v) is 4.28. The molecule has 0 spiro atoms. The fraction of sp³-hybridized carbons (Fsp3) is 0.571. The number of rotatable bonds is 8. The van der Waals surface area contributed by atoms with E-state index in [0.717, 1.165) is 47.4 Å². The highest BCUT2D eigenvalue weighted by Crippen LogP contribution is 2.28. The number of halogens is 1. The lowest BCUT2D eigenvalue weighted by Crippen LogP contribution is -2.42. The van der Waals surface area contributed by atoms with Crippen molar-refractivity contribution < 1.29 is 4.74 Å². The van der Waals surface area contributed by atoms with Crippen molar-refractivity contribution in [3.05, 3.63) is 23.8 Å². The van der Waals surface area contributed by atoms with Crippen molar-refractivity contribution in [1.82, 2.24) is 19.9 Å². The van der Waals surface area contributed by atoms with Crippen molar-refractivity contribution in [3.8, 4) is 5.75 Å². The SMILES string of the molecule is COc1ccc(Nc2nc(NC3CC3)nc(N(C)C3CCN(C)CC3)n2)cc1CI. The van der Waals surface area contributed by atoms with E-state index in [1.54, 1.807) is 7.11 Å². The highest BCUT2D eigenvalue weighted by atomic mass is 127. The highest BCUT2D eigenvalue weighted by Gasteiger charge is 2.26. The summed E-state index contributed by atoms with van der Waals surface area (Å²) in [5.74, 6) is 2.82. The minimum atomic E-state index is 0.442. The summed E-state index contributed by atoms with van der Waals surface area (Å²) in [6, 6.07) is 6.98. The average molecular weight is 523 g/mol. The van der Waals surface area contributed by atoms with Crippen molar-refractivity contribution in [2.75, 3.05) is 49.8 Å². The quantitative estimate of drug-likeness (QED) is 0.401. The summed E-state index contributed by atoms with van der Waals surface area (Å²) in [4.78, 5) is 18.7. The van der Waals surface area contributed by atoms with Crippen molar-refractivity contribution in [1.29, 1.82) is 0 Å². The monoisotopic (exact) mass is 523 g/mol. The minimum Gasteiger partial charge on any atom is -0.496 e. The molecule has 0 bridgehead atoms. The van der Waals surface area contributed by atoms with Crippen LogP contribution >= 0.6 is 22.6 Å². The first-order valence-electron chi connectivity index (χ1n) is 10.5. The molecule has 1 aromatic heterocycles. The van der Waals surface area contributed by atoms with Crippen LogP contribution in [0, 0.1) is 0 Å². The van der Waals surface area contributed by atoms with E-state index < -0.39 is 0 Å². The molecule has 2 aliphatic rings. The van der Waals surface area contributed by atoms with Crippen LogP contribution in [-0.2, 0) is 4.43 Å². The van der Waals surface area contributed by atoms with Gasteiger partial charge in [-0.1, -0.05) is 22.6 Å². The molecule has 0 radical (unpaired) electrons. The van der Waals surface area contributed by atoms with Gasteiger partial charge in [0.05, 0.1) is 7.11 Å². The van der Waals surface area contributed by atoms with Crippen LogP contribution in [0.1, 0.15) is 31.2 Å². The van der Waals surface area contributed by atoms with Gasteiger partial charge in [0.2, 0.25) is 17.8 Å². The number of likely N-dealkylation sites (tertiary alicyclic amines) is 1. The van der Waals surface area contributed by atoms with Gasteiger partial charge in [0.25, 0.3) is 0 Å². The van der Waals surface area contributed by atoms with Gasteiger partial charge < -0.3 is 25.2 Å². The Hall–Kier alpha value is -1.88. The number of methoxy groups -OCH3 is 1. The Kier molecular flexibility index (Phi) is 6.77. The van der Waals surface area contributed by atoms with Gasteiger partial charge in [-0.3, -0.25) is 0 Å². The Morgan fingerprint density at radius 1 is 1.13 bits per heavy atom. The summed E-state index contributed by atoms with van der Waals surface area (Å²) in [5.41, 5.74) is 2.08. The molecule has 1 aliphatic heterocycles. The molecule has 2 aromatic rings. The first kappa shape index (κ1) is 21.4. The predicted octanol–water partition coefficient (Wildman–Crippen LogP) is 3.66. The Morgan fingerprint density at radius 3 is 2.53 bits per heavy atom. The zero-order valence-corrected chi connectivity index (χ0v) is 20.0. The molecular weight excluding hydrogens is 493 g/mol. The van der Waals surface area contributed by atoms with Crippen LogP contribution in [0.15, 0.2) is 18.2 Å². The third kappa shape index (κ3) is 5.23. The summed E-state index contributed by atoms with van der Waals surface area (Å²) >= 11 is 2.35. The van der Waals surface area contributed by atoms with E-state index in [4.69, 9.17) is 14.7 Å². The maximum Gasteiger partial charge on any atom is 0.233 e. The lowest BCUT2D eigenvalue weighted by atomic mass is 10.0. The Labute approximate surface area is 192 Å². The van der Waals surface area contributed by atoms with E-state index in [2.05, 4.69) is 68.2 Å². The van der Waals surface area contributed by atoms with E-state index in [1.807, 2.05) is 12.1 Å². The van der Waals surface area contributed by atoms with Gasteiger partial charge in [0, 0.05) is 34.8 Å². The first-order chi connectivity index (χ1) is 14.6. The average Bonchev–Trinajstić information content (AvgIpc) is 3.57. The summed E-state index contributed by atoms with van der Waals surface area (Å²) < 4.78 is 6.31. The molecule has 0 unspecified atom stereocenters. The number of nitrogens with one attached hydrogen (secondary N) is 2. The van der Waals surface area contributed by atoms with Gasteiger partial charge in [-0.15, -0.1) is 0 Å². The smallest absolute Gasteiger partial charge is 0.233 e. The van der Waals surface area contributed by atoms with E-state index in [1.165, 1.54) is 12.8 Å². The number of hydrogen-bond acceptors (Lipinski definition) is 8. The molecule has 1 saturated carbocycles. The Morgan fingerprint density at radius 2 is 1.87 bits per heavy atom. The molecule has 2 N–H and O–H groups in total. The van der Waals surface area contributed by atoms with Crippen LogP contribution in [0.3, 0.4) is 0 Å². The van der Waals surface area contributed by atoms with Gasteiger partial charge in [0.1, 0.15) is 5.75 Å². The van der Waals surface area contributed by atoms with Crippen molar-refractivity contribution >= 4 is 46.1 Å². The zero-order chi connectivity index (χ0) is 21.1. The van der Waals surface area contributed by atoms with Crippen molar-refractivity contribution in [2.45, 2.75) is 42.2 Å². The number of anilines is 4. The second-order valence-corrected chi connectivity index (χ2v) is 8.89. The third-order valence-electron chi connectivity index (χ3n) is 5.77. The van der Waals surface area contributed by atoms with Crippen molar-refractivity contribution in [2.24, 2.45) is 0 Å². The summed E-state index contributed by atoms with van der Waals surface area (Å²) in [6.07, 6.45) is 4.58. The number of hydrogen-bond donors (Lipinski definition) is 2. The number of alkyl halides is 1. The van der Waals surface area contributed by atoms with Crippen LogP contribution in [0.5, 0.6) is 5.75 Å². The number of benzene rings is 1. The molecule has 0 amide bonds. The van der Waals surface area contributed by atoms with Crippen LogP contribution in [0.4, 0.5) is 23.5 Å². The molecule has 1 saturated heterocycles. The molecule has 1 aliphatic carbocycles. The standard InChI is InChI=1S/C21H30IN7O/c1-28-10-8-17(9-11-28)29(2)21-26-19(23-15-4-5-15)25-20(27-21)24-16-6-7-18(30-3)14(12-16)13-22/h6-7,12,15,17H,4-5,8-11,13H2,1-3H3,(H2,23,24,25,26,27). The third-order valence-corrected chi connectivity index (χ3v) is 6.59. The predicted molar refractivity (Wildman–Crippen MR) is 129 cm³/mol. The van der Waals surface area contributed by atoms with Crippen LogP contribution < -0.4 is 20.3 Å². The lowest BCUT2D eigenvalue weighted by molar-refractivity contribution is 0.252. The molecule has 30 heavy (non-hydrogen) atoms. The van der Waals surface area contributed by atoms with Gasteiger partial charge >= 0.3 is 0 Å². The number of piperidine rings is 1. The zero-order valence-electron chi connectivity index (χ0n) is 17.9. The first-order valence-corrected chi connectivity index (χ1v) is 12.0. The molecule has 9 heteroatoms. The molecule has 0 atom stereocenters. The van der Waals surface area contributed by atoms with Gasteiger partial charge in [-0.25, -0.2) is 0 Å². The van der Waals surface area contributed by atoms with Crippen LogP contribution in [0.25, 0.3) is 0 Å². The summed E-state index contributed by atoms with van der Waals surface area (Å²) in [6.45, 7) is 2.20. The van der Waals surface area contributed by atoms with Crippen LogP contribution in [-0.4, -0.2) is 66.2 Å². The molecule has 1 aromatic carbocycles. The second kappa shape index (κ2) is 9.51. The molecule has 2 heterocycles. The minimum absolute atomic E-state index is 0.442. The molecule has 8 nitrogen and oxygen atoms in total. The summed E-state index contributed by atoms with van der Waals surface area (Å²) in [5, 5.41) is 6.80. The topological polar surface area (TPSA) is 78.4 Å². The normalized spacial score (nSPS) is 17.6. The highest BCUT2D eigenvalue weighted by molar-refractivity contribution is 14.1. The second-order valence-electron chi connectivity index (χ2n) is 8.13. The Balaban J connectivity index is 1.58. The lowest BCUT2D eigenvalue weighted by Gasteiger charge is -2.35. The van der Waals surface area contributed by atoms with Crippen molar-refractivity contribution in [3.63, 3.8) is 0 Å². The maximum absolute atomic E-state index is 5.44. The van der Waals surface area contributed by atoms with Gasteiger partial charge in [-0.2, -0.15) is 15.0 Å². The molecule has 2 fully saturated rings. The molecule has 162 valence electrons. The van der Waals surface area contributed by atoms with E-state index in [0.29, 0.717) is 29.9 Å². The Bertz CT molecular complexity index is 868. The number of aromatic nitrogens is 3. The maximum atomic E-state index is 5.44. The number of ether oxygens (including phenoxy) is 1. The fourth-order valence-electron chi connectivity index (χ4n) is 3.69. The van der Waals surface area contributed by atoms with Gasteiger partial charge in [0.15, 0.2) is 0 Å². The van der Waals surface area contributed by atoms with Gasteiger partial charge in [-0.05, 0) is 64.0 Å². The molecule has 4 rings (SSSR count). The van der Waals surface area contributed by atoms with E-state index >= 15 is 0 Å².